The fourth-order valence-corrected chi connectivity index (χ4v) is 5.52. The van der Waals surface area contributed by atoms with E-state index in [9.17, 15) is 68.9 Å². The van der Waals surface area contributed by atoms with E-state index >= 15 is 0 Å². The molecule has 1 fully saturated rings. The molecular weight excluding hydrogens is 774 g/mol. The number of hydrogen-bond acceptors (Lipinski definition) is 16. The van der Waals surface area contributed by atoms with Crippen LogP contribution in [0.2, 0.25) is 0 Å². The quantitative estimate of drug-likeness (QED) is 0.0131. The number of aromatic hydroxyl groups is 2. The summed E-state index contributed by atoms with van der Waals surface area (Å²) in [6, 6.07) is -3.47. The number of nitrogens with two attached hydrogens (primary N) is 2. The van der Waals surface area contributed by atoms with Crippen LogP contribution in [0.4, 0.5) is 0 Å². The normalized spacial score (nSPS) is 19.9. The van der Waals surface area contributed by atoms with Crippen LogP contribution >= 0.6 is 0 Å². The van der Waals surface area contributed by atoms with Crippen LogP contribution in [0.15, 0.2) is 18.2 Å². The Bertz CT molecular complexity index is 1620. The molecule has 6 atom stereocenters. The maximum absolute atomic E-state index is 13.6. The number of carbonyl (C=O) groups excluding carboxylic acids is 9. The predicted octanol–water partition coefficient (Wildman–Crippen LogP) is -4.30. The zero-order chi connectivity index (χ0) is 43.4. The molecule has 2 rings (SSSR count). The standard InChI is InChI=1S/C34H51N9O15/c35-20(7-1-2-11-37-30(51)19-6-3-10-25(46)29(19)50)26(47)15-28(49)38-24-16-58-34(55)22(9-5-13-43(57)18-45)40-32(53)23(14-27(36)48)41-31(52)21(39-33(24)54)8-4-12-42(56)17-44/h3,6,10,17-18,20-24,26,46-47,50,56-57H,1-2,4-5,7-9,11-16,35H2,(H2,36,48)(H,37,51)(H,38,49)(H,39,54)(H,40,53)(H,41,52). The number of aliphatic hydroxyl groups is 1. The number of carbonyl (C=O) groups is 9. The van der Waals surface area contributed by atoms with Crippen molar-refractivity contribution in [3.63, 3.8) is 0 Å². The fraction of sp³-hybridized carbons (Fsp3) is 0.559. The molecule has 1 aromatic rings. The highest BCUT2D eigenvalue weighted by Crippen LogP contribution is 2.28. The van der Waals surface area contributed by atoms with Crippen molar-refractivity contribution in [1.82, 2.24) is 36.7 Å². The van der Waals surface area contributed by atoms with Gasteiger partial charge >= 0.3 is 5.97 Å². The van der Waals surface area contributed by atoms with Crippen molar-refractivity contribution in [3.05, 3.63) is 23.8 Å². The van der Waals surface area contributed by atoms with Gasteiger partial charge in [-0.2, -0.15) is 0 Å². The van der Waals surface area contributed by atoms with Crippen LogP contribution < -0.4 is 38.1 Å². The lowest BCUT2D eigenvalue weighted by atomic mass is 10.0. The highest BCUT2D eigenvalue weighted by molar-refractivity contribution is 5.98. The van der Waals surface area contributed by atoms with Gasteiger partial charge in [-0.25, -0.2) is 14.9 Å². The van der Waals surface area contributed by atoms with Crippen LogP contribution in [0.3, 0.4) is 0 Å². The molecule has 8 amide bonds. The van der Waals surface area contributed by atoms with E-state index in [1.54, 1.807) is 0 Å². The van der Waals surface area contributed by atoms with Crippen LogP contribution in [-0.4, -0.2) is 153 Å². The molecule has 322 valence electrons. The number of cyclic esters (lactones) is 1. The lowest BCUT2D eigenvalue weighted by Crippen LogP contribution is -2.58. The molecule has 0 saturated carbocycles. The summed E-state index contributed by atoms with van der Waals surface area (Å²) in [6.07, 6.45) is -2.41. The highest BCUT2D eigenvalue weighted by Gasteiger charge is 2.35. The Balaban J connectivity index is 2.18. The maximum atomic E-state index is 13.6. The van der Waals surface area contributed by atoms with Gasteiger partial charge in [0.05, 0.1) is 24.5 Å². The van der Waals surface area contributed by atoms with E-state index in [2.05, 4.69) is 26.6 Å². The molecule has 1 aliphatic rings. The van der Waals surface area contributed by atoms with Crippen molar-refractivity contribution < 1.29 is 73.6 Å². The monoisotopic (exact) mass is 825 g/mol. The first kappa shape index (κ1) is 48.0. The summed E-state index contributed by atoms with van der Waals surface area (Å²) in [6.45, 7) is -1.29. The third-order valence-corrected chi connectivity index (χ3v) is 8.72. The van der Waals surface area contributed by atoms with Crippen molar-refractivity contribution in [1.29, 1.82) is 0 Å². The van der Waals surface area contributed by atoms with Crippen LogP contribution in [0.1, 0.15) is 68.1 Å². The largest absolute Gasteiger partial charge is 0.504 e. The Morgan fingerprint density at radius 1 is 0.879 bits per heavy atom. The van der Waals surface area contributed by atoms with E-state index in [4.69, 9.17) is 16.2 Å². The number of nitrogens with zero attached hydrogens (tertiary/aromatic N) is 2. The Labute approximate surface area is 331 Å². The summed E-state index contributed by atoms with van der Waals surface area (Å²) in [4.78, 5) is 112. The molecule has 14 N–H and O–H groups in total. The number of unbranched alkanes of at least 4 members (excludes halogenated alkanes) is 1. The second kappa shape index (κ2) is 24.5. The van der Waals surface area contributed by atoms with E-state index in [1.807, 2.05) is 0 Å². The van der Waals surface area contributed by atoms with E-state index in [-0.39, 0.29) is 80.2 Å². The van der Waals surface area contributed by atoms with Gasteiger partial charge in [-0.05, 0) is 50.7 Å². The van der Waals surface area contributed by atoms with E-state index < -0.39 is 109 Å². The Morgan fingerprint density at radius 2 is 1.47 bits per heavy atom. The predicted molar refractivity (Wildman–Crippen MR) is 195 cm³/mol. The van der Waals surface area contributed by atoms with Crippen LogP contribution in [0.5, 0.6) is 11.5 Å². The average molecular weight is 826 g/mol. The number of phenolic OH excluding ortho intramolecular Hbond substituents is 2. The average Bonchev–Trinajstić information content (AvgIpc) is 3.18. The fourth-order valence-electron chi connectivity index (χ4n) is 5.52. The van der Waals surface area contributed by atoms with Crippen molar-refractivity contribution >= 4 is 54.2 Å². The third kappa shape index (κ3) is 16.5. The summed E-state index contributed by atoms with van der Waals surface area (Å²) in [7, 11) is 0. The smallest absolute Gasteiger partial charge is 0.328 e. The van der Waals surface area contributed by atoms with Gasteiger partial charge in [-0.3, -0.25) is 48.8 Å². The third-order valence-electron chi connectivity index (χ3n) is 8.72. The number of phenols is 2. The lowest BCUT2D eigenvalue weighted by Gasteiger charge is -2.25. The topological polar surface area (TPSA) is 383 Å². The van der Waals surface area contributed by atoms with E-state index in [0.29, 0.717) is 12.8 Å². The first-order valence-corrected chi connectivity index (χ1v) is 18.2. The van der Waals surface area contributed by atoms with Gasteiger partial charge < -0.3 is 58.1 Å². The number of amides is 8. The molecular formula is C34H51N9O15. The van der Waals surface area contributed by atoms with Gasteiger partial charge in [0, 0.05) is 25.7 Å². The molecule has 0 bridgehead atoms. The number of para-hydroxylation sites is 1. The maximum Gasteiger partial charge on any atom is 0.328 e. The van der Waals surface area contributed by atoms with Crippen molar-refractivity contribution in [3.8, 4) is 11.5 Å². The van der Waals surface area contributed by atoms with Gasteiger partial charge in [0.2, 0.25) is 42.4 Å². The number of esters is 1. The minimum Gasteiger partial charge on any atom is -0.504 e. The molecule has 1 heterocycles. The summed E-state index contributed by atoms with van der Waals surface area (Å²) in [5.41, 5.74) is 11.2. The molecule has 0 aliphatic carbocycles. The molecule has 24 nitrogen and oxygen atoms in total. The molecule has 0 radical (unpaired) electrons. The number of ether oxygens (including phenoxy) is 1. The van der Waals surface area contributed by atoms with Gasteiger partial charge in [0.15, 0.2) is 11.5 Å². The summed E-state index contributed by atoms with van der Waals surface area (Å²) >= 11 is 0. The number of primary amides is 1. The number of hydrogen-bond donors (Lipinski definition) is 12. The van der Waals surface area contributed by atoms with Crippen molar-refractivity contribution in [2.75, 3.05) is 26.2 Å². The second-order valence-electron chi connectivity index (χ2n) is 13.3. The van der Waals surface area contributed by atoms with E-state index in [1.165, 1.54) is 18.2 Å². The Kier molecular flexibility index (Phi) is 20.3. The Hall–Kier alpha value is -6.11. The van der Waals surface area contributed by atoms with Gasteiger partial charge in [0.25, 0.3) is 5.91 Å². The minimum absolute atomic E-state index is 0.0794. The molecule has 0 aromatic heterocycles. The molecule has 1 aliphatic heterocycles. The highest BCUT2D eigenvalue weighted by atomic mass is 16.5. The number of hydroxylamine groups is 4. The molecule has 6 unspecified atom stereocenters. The van der Waals surface area contributed by atoms with Crippen LogP contribution in [-0.2, 0) is 43.1 Å². The van der Waals surface area contributed by atoms with Crippen LogP contribution in [0.25, 0.3) is 0 Å². The summed E-state index contributed by atoms with van der Waals surface area (Å²) in [5.74, 6) is -7.96. The minimum atomic E-state index is -1.71. The van der Waals surface area contributed by atoms with Gasteiger partial charge in [0.1, 0.15) is 30.8 Å². The number of aliphatic hydroxyl groups excluding tert-OH is 1. The molecule has 24 heteroatoms. The Morgan fingerprint density at radius 3 is 2.09 bits per heavy atom. The van der Waals surface area contributed by atoms with Crippen LogP contribution in [0, 0.1) is 0 Å². The number of benzene rings is 1. The summed E-state index contributed by atoms with van der Waals surface area (Å²) in [5, 5.41) is 61.5. The molecule has 1 saturated heterocycles. The van der Waals surface area contributed by atoms with E-state index in [0.717, 1.165) is 0 Å². The van der Waals surface area contributed by atoms with Crippen molar-refractivity contribution in [2.45, 2.75) is 94.1 Å². The number of nitrogens with one attached hydrogen (secondary N) is 5. The van der Waals surface area contributed by atoms with Crippen molar-refractivity contribution in [2.24, 2.45) is 11.5 Å². The number of rotatable bonds is 22. The molecule has 58 heavy (non-hydrogen) atoms. The first-order chi connectivity index (χ1) is 27.5. The first-order valence-electron chi connectivity index (χ1n) is 18.2. The molecule has 1 aromatic carbocycles. The van der Waals surface area contributed by atoms with Gasteiger partial charge in [-0.15, -0.1) is 0 Å². The molecule has 0 spiro atoms. The lowest BCUT2D eigenvalue weighted by molar-refractivity contribution is -0.152. The second-order valence-corrected chi connectivity index (χ2v) is 13.3. The zero-order valence-electron chi connectivity index (χ0n) is 31.4. The van der Waals surface area contributed by atoms with Gasteiger partial charge in [-0.1, -0.05) is 12.5 Å². The summed E-state index contributed by atoms with van der Waals surface area (Å²) < 4.78 is 5.28. The zero-order valence-corrected chi connectivity index (χ0v) is 31.4. The SMILES string of the molecule is NC(=O)CC1NC(=O)C(CCCN(O)C=O)NC(=O)C(NC(=O)CC(O)C(N)CCCCNC(=O)c2cccc(O)c2O)COC(=O)C(CCCN(O)C=O)NC1=O.